The molecule has 0 aliphatic rings. The zero-order valence-electron chi connectivity index (χ0n) is 15.4. The molecule has 0 fully saturated rings. The monoisotopic (exact) mass is 416 g/mol. The number of halogens is 3. The number of hydrogen-bond donors (Lipinski definition) is 1. The van der Waals surface area contributed by atoms with E-state index >= 15 is 0 Å². The Hall–Kier alpha value is -3.38. The standard InChI is InChI=1S/C20H15F3N4OS/c1-27(2)18-17(16(28)13-5-3-4-12(10-13)11-24)29-19(26-18)25-15-8-6-14(7-9-15)20(21,22)23/h3-10H,1-2H3,(H,25,26). The summed E-state index contributed by atoms with van der Waals surface area (Å²) in [6.07, 6.45) is -4.41. The SMILES string of the molecule is CN(C)c1nc(Nc2ccc(C(F)(F)F)cc2)sc1C(=O)c1cccc(C#N)c1. The minimum absolute atomic E-state index is 0.288. The van der Waals surface area contributed by atoms with Gasteiger partial charge in [-0.25, -0.2) is 4.98 Å². The maximum Gasteiger partial charge on any atom is 0.416 e. The first-order chi connectivity index (χ1) is 13.7. The number of hydrogen-bond acceptors (Lipinski definition) is 6. The number of benzene rings is 2. The van der Waals surface area contributed by atoms with Crippen molar-refractivity contribution in [1.29, 1.82) is 5.26 Å². The third-order valence-corrected chi connectivity index (χ3v) is 4.92. The van der Waals surface area contributed by atoms with Gasteiger partial charge in [-0.3, -0.25) is 4.79 Å². The molecule has 5 nitrogen and oxygen atoms in total. The molecule has 0 bridgehead atoms. The second kappa shape index (κ2) is 7.93. The quantitative estimate of drug-likeness (QED) is 0.588. The lowest BCUT2D eigenvalue weighted by Crippen LogP contribution is -2.13. The number of nitrogens with zero attached hydrogens (tertiary/aromatic N) is 3. The predicted octanol–water partition coefficient (Wildman–Crippen LogP) is 5.07. The molecule has 0 unspecified atom stereocenters. The summed E-state index contributed by atoms with van der Waals surface area (Å²) in [5.74, 6) is 0.139. The summed E-state index contributed by atoms with van der Waals surface area (Å²) in [5.41, 5.74) is 0.402. The number of rotatable bonds is 5. The van der Waals surface area contributed by atoms with Crippen LogP contribution in [0.15, 0.2) is 48.5 Å². The van der Waals surface area contributed by atoms with Crippen LogP contribution in [-0.2, 0) is 6.18 Å². The van der Waals surface area contributed by atoms with Gasteiger partial charge >= 0.3 is 6.18 Å². The summed E-state index contributed by atoms with van der Waals surface area (Å²) in [6.45, 7) is 0. The second-order valence-corrected chi connectivity index (χ2v) is 7.29. The molecule has 0 aliphatic carbocycles. The van der Waals surface area contributed by atoms with Gasteiger partial charge in [-0.05, 0) is 36.4 Å². The summed E-state index contributed by atoms with van der Waals surface area (Å²) in [5, 5.41) is 12.3. The number of anilines is 3. The van der Waals surface area contributed by atoms with Crippen molar-refractivity contribution in [3.05, 3.63) is 70.1 Å². The molecule has 2 aromatic carbocycles. The predicted molar refractivity (Wildman–Crippen MR) is 106 cm³/mol. The van der Waals surface area contributed by atoms with Crippen LogP contribution in [0, 0.1) is 11.3 Å². The van der Waals surface area contributed by atoms with Crippen molar-refractivity contribution in [2.45, 2.75) is 6.18 Å². The number of alkyl halides is 3. The Bertz CT molecular complexity index is 1080. The van der Waals surface area contributed by atoms with Gasteiger partial charge in [0.25, 0.3) is 0 Å². The van der Waals surface area contributed by atoms with Crippen molar-refractivity contribution < 1.29 is 18.0 Å². The number of nitriles is 1. The van der Waals surface area contributed by atoms with Gasteiger partial charge in [0.1, 0.15) is 4.88 Å². The third-order valence-electron chi connectivity index (χ3n) is 3.96. The van der Waals surface area contributed by atoms with Gasteiger partial charge in [-0.15, -0.1) is 0 Å². The van der Waals surface area contributed by atoms with Crippen LogP contribution in [0.1, 0.15) is 26.4 Å². The minimum Gasteiger partial charge on any atom is -0.361 e. The van der Waals surface area contributed by atoms with Crippen molar-refractivity contribution in [1.82, 2.24) is 4.98 Å². The second-order valence-electron chi connectivity index (χ2n) is 6.29. The van der Waals surface area contributed by atoms with Crippen molar-refractivity contribution in [2.75, 3.05) is 24.3 Å². The average molecular weight is 416 g/mol. The first-order valence-electron chi connectivity index (χ1n) is 8.36. The lowest BCUT2D eigenvalue weighted by molar-refractivity contribution is -0.137. The van der Waals surface area contributed by atoms with Crippen molar-refractivity contribution in [3.63, 3.8) is 0 Å². The Morgan fingerprint density at radius 2 is 1.86 bits per heavy atom. The van der Waals surface area contributed by atoms with E-state index in [9.17, 15) is 18.0 Å². The largest absolute Gasteiger partial charge is 0.416 e. The zero-order chi connectivity index (χ0) is 21.2. The van der Waals surface area contributed by atoms with Crippen molar-refractivity contribution >= 4 is 33.8 Å². The molecule has 29 heavy (non-hydrogen) atoms. The molecule has 0 spiro atoms. The Morgan fingerprint density at radius 1 is 1.17 bits per heavy atom. The lowest BCUT2D eigenvalue weighted by Gasteiger charge is -2.10. The highest BCUT2D eigenvalue weighted by Gasteiger charge is 2.30. The van der Waals surface area contributed by atoms with Crippen LogP contribution in [0.25, 0.3) is 0 Å². The van der Waals surface area contributed by atoms with Gasteiger partial charge in [0.15, 0.2) is 10.9 Å². The normalized spacial score (nSPS) is 11.0. The van der Waals surface area contributed by atoms with E-state index in [4.69, 9.17) is 5.26 Å². The Balaban J connectivity index is 1.91. The van der Waals surface area contributed by atoms with Gasteiger partial charge in [0.2, 0.25) is 5.78 Å². The van der Waals surface area contributed by atoms with Gasteiger partial charge in [0, 0.05) is 25.3 Å². The molecular weight excluding hydrogens is 401 g/mol. The van der Waals surface area contributed by atoms with E-state index < -0.39 is 11.7 Å². The maximum atomic E-state index is 12.9. The van der Waals surface area contributed by atoms with E-state index in [2.05, 4.69) is 10.3 Å². The van der Waals surface area contributed by atoms with Crippen molar-refractivity contribution in [2.24, 2.45) is 0 Å². The Kier molecular flexibility index (Phi) is 5.57. The molecule has 0 atom stereocenters. The van der Waals surface area contributed by atoms with E-state index in [0.29, 0.717) is 32.6 Å². The van der Waals surface area contributed by atoms with Crippen LogP contribution in [0.2, 0.25) is 0 Å². The molecule has 1 N–H and O–H groups in total. The Morgan fingerprint density at radius 3 is 2.45 bits per heavy atom. The van der Waals surface area contributed by atoms with Crippen LogP contribution < -0.4 is 10.2 Å². The number of ketones is 1. The fourth-order valence-electron chi connectivity index (χ4n) is 2.54. The number of carbonyl (C=O) groups excluding carboxylic acids is 1. The highest BCUT2D eigenvalue weighted by atomic mass is 32.1. The fraction of sp³-hybridized carbons (Fsp3) is 0.150. The summed E-state index contributed by atoms with van der Waals surface area (Å²) < 4.78 is 38.1. The molecule has 0 radical (unpaired) electrons. The number of carbonyl (C=O) groups is 1. The highest BCUT2D eigenvalue weighted by molar-refractivity contribution is 7.18. The molecule has 148 valence electrons. The summed E-state index contributed by atoms with van der Waals surface area (Å²) in [6, 6.07) is 12.9. The molecule has 0 saturated carbocycles. The maximum absolute atomic E-state index is 12.9. The topological polar surface area (TPSA) is 69.0 Å². The average Bonchev–Trinajstić information content (AvgIpc) is 3.11. The molecule has 1 heterocycles. The van der Waals surface area contributed by atoms with Gasteiger partial charge < -0.3 is 10.2 Å². The molecule has 0 amide bonds. The first-order valence-corrected chi connectivity index (χ1v) is 9.18. The number of aromatic nitrogens is 1. The van der Waals surface area contributed by atoms with Crippen LogP contribution in [-0.4, -0.2) is 24.9 Å². The Labute approximate surface area is 169 Å². The van der Waals surface area contributed by atoms with Gasteiger partial charge in [-0.1, -0.05) is 23.5 Å². The van der Waals surface area contributed by atoms with E-state index in [1.165, 1.54) is 18.2 Å². The van der Waals surface area contributed by atoms with Crippen LogP contribution in [0.5, 0.6) is 0 Å². The van der Waals surface area contributed by atoms with E-state index in [-0.39, 0.29) is 5.78 Å². The van der Waals surface area contributed by atoms with E-state index in [1.54, 1.807) is 37.2 Å². The van der Waals surface area contributed by atoms with Crippen LogP contribution in [0.3, 0.4) is 0 Å². The molecule has 0 saturated heterocycles. The zero-order valence-corrected chi connectivity index (χ0v) is 16.2. The number of nitrogens with one attached hydrogen (secondary N) is 1. The molecule has 3 rings (SSSR count). The highest BCUT2D eigenvalue weighted by Crippen LogP contribution is 2.34. The van der Waals surface area contributed by atoms with E-state index in [1.807, 2.05) is 6.07 Å². The third kappa shape index (κ3) is 4.55. The molecular formula is C20H15F3N4OS. The molecule has 9 heteroatoms. The van der Waals surface area contributed by atoms with Crippen LogP contribution >= 0.6 is 11.3 Å². The summed E-state index contributed by atoms with van der Waals surface area (Å²) in [7, 11) is 3.47. The van der Waals surface area contributed by atoms with E-state index in [0.717, 1.165) is 23.5 Å². The van der Waals surface area contributed by atoms with Crippen molar-refractivity contribution in [3.8, 4) is 6.07 Å². The smallest absolute Gasteiger partial charge is 0.361 e. The molecule has 1 aromatic heterocycles. The van der Waals surface area contributed by atoms with Gasteiger partial charge in [0.05, 0.1) is 17.2 Å². The summed E-state index contributed by atoms with van der Waals surface area (Å²) >= 11 is 1.09. The van der Waals surface area contributed by atoms with Gasteiger partial charge in [-0.2, -0.15) is 18.4 Å². The number of thiazole rings is 1. The molecule has 3 aromatic rings. The van der Waals surface area contributed by atoms with Crippen LogP contribution in [0.4, 0.5) is 29.8 Å². The fourth-order valence-corrected chi connectivity index (χ4v) is 3.57. The lowest BCUT2D eigenvalue weighted by atomic mass is 10.1. The molecule has 0 aliphatic heterocycles. The summed E-state index contributed by atoms with van der Waals surface area (Å²) in [4.78, 5) is 19.4. The minimum atomic E-state index is -4.41. The first kappa shape index (κ1) is 20.4.